The van der Waals surface area contributed by atoms with Gasteiger partial charge < -0.3 is 9.47 Å². The number of carbonyl (C=O) groups is 1. The molecule has 1 heterocycles. The van der Waals surface area contributed by atoms with Gasteiger partial charge in [-0.05, 0) is 42.8 Å². The molecule has 2 aromatic rings. The lowest BCUT2D eigenvalue weighted by Gasteiger charge is -2.03. The van der Waals surface area contributed by atoms with Crippen molar-refractivity contribution in [2.45, 2.75) is 6.92 Å². The lowest BCUT2D eigenvalue weighted by atomic mass is 10.1. The Hall–Kier alpha value is -3.15. The van der Waals surface area contributed by atoms with Crippen molar-refractivity contribution < 1.29 is 19.2 Å². The summed E-state index contributed by atoms with van der Waals surface area (Å²) in [5, 5.41) is 10.6. The minimum Gasteiger partial charge on any atom is -0.494 e. The second kappa shape index (κ2) is 5.92. The third kappa shape index (κ3) is 2.91. The summed E-state index contributed by atoms with van der Waals surface area (Å²) in [5.41, 5.74) is 1.12. The van der Waals surface area contributed by atoms with Gasteiger partial charge in [-0.3, -0.25) is 14.9 Å². The Morgan fingerprint density at radius 2 is 1.96 bits per heavy atom. The lowest BCUT2D eigenvalue weighted by molar-refractivity contribution is -0.384. The molecule has 0 unspecified atom stereocenters. The molecular weight excluding hydrogens is 298 g/mol. The van der Waals surface area contributed by atoms with E-state index >= 15 is 0 Å². The first kappa shape index (κ1) is 14.8. The summed E-state index contributed by atoms with van der Waals surface area (Å²) in [6.07, 6.45) is 1.56. The third-order valence-corrected chi connectivity index (χ3v) is 3.35. The number of benzene rings is 2. The van der Waals surface area contributed by atoms with Gasteiger partial charge in [0.25, 0.3) is 5.69 Å². The Bertz CT molecular complexity index is 808. The van der Waals surface area contributed by atoms with Gasteiger partial charge >= 0.3 is 0 Å². The zero-order chi connectivity index (χ0) is 16.4. The number of nitro groups is 1. The van der Waals surface area contributed by atoms with Gasteiger partial charge in [0.2, 0.25) is 5.78 Å². The topological polar surface area (TPSA) is 78.7 Å². The van der Waals surface area contributed by atoms with Crippen LogP contribution >= 0.6 is 0 Å². The number of non-ortho nitro benzene ring substituents is 1. The molecular formula is C17H13NO5. The molecule has 3 rings (SSSR count). The maximum absolute atomic E-state index is 12.3. The van der Waals surface area contributed by atoms with Gasteiger partial charge in [-0.15, -0.1) is 0 Å². The van der Waals surface area contributed by atoms with Crippen molar-refractivity contribution in [2.75, 3.05) is 6.61 Å². The second-order valence-corrected chi connectivity index (χ2v) is 4.88. The number of fused-ring (bicyclic) bond motifs is 1. The quantitative estimate of drug-likeness (QED) is 0.489. The number of allylic oxidation sites excluding steroid dienone is 1. The summed E-state index contributed by atoms with van der Waals surface area (Å²) < 4.78 is 11.0. The Kier molecular flexibility index (Phi) is 3.80. The van der Waals surface area contributed by atoms with Gasteiger partial charge in [0, 0.05) is 18.2 Å². The number of rotatable bonds is 4. The minimum absolute atomic E-state index is 0.00420. The monoisotopic (exact) mass is 311 g/mol. The van der Waals surface area contributed by atoms with Crippen molar-refractivity contribution in [2.24, 2.45) is 0 Å². The fraction of sp³-hybridized carbons (Fsp3) is 0.118. The van der Waals surface area contributed by atoms with E-state index in [-0.39, 0.29) is 17.2 Å². The molecule has 0 aromatic heterocycles. The number of hydrogen-bond acceptors (Lipinski definition) is 5. The summed E-state index contributed by atoms with van der Waals surface area (Å²) in [7, 11) is 0. The molecule has 0 aliphatic carbocycles. The molecule has 1 aliphatic rings. The van der Waals surface area contributed by atoms with Crippen molar-refractivity contribution in [3.8, 4) is 11.5 Å². The largest absolute Gasteiger partial charge is 0.494 e. The fourth-order valence-electron chi connectivity index (χ4n) is 2.27. The molecule has 0 N–H and O–H groups in total. The van der Waals surface area contributed by atoms with E-state index in [1.54, 1.807) is 36.4 Å². The molecule has 2 aromatic carbocycles. The molecule has 6 heteroatoms. The van der Waals surface area contributed by atoms with Crippen LogP contribution in [-0.2, 0) is 0 Å². The van der Waals surface area contributed by atoms with E-state index in [0.717, 1.165) is 0 Å². The first-order valence-electron chi connectivity index (χ1n) is 7.04. The molecule has 116 valence electrons. The van der Waals surface area contributed by atoms with E-state index in [2.05, 4.69) is 0 Å². The molecule has 0 atom stereocenters. The zero-order valence-corrected chi connectivity index (χ0v) is 12.3. The Morgan fingerprint density at radius 3 is 2.61 bits per heavy atom. The zero-order valence-electron chi connectivity index (χ0n) is 12.3. The summed E-state index contributed by atoms with van der Waals surface area (Å²) in [6, 6.07) is 11.0. The van der Waals surface area contributed by atoms with Crippen LogP contribution in [0.25, 0.3) is 6.08 Å². The van der Waals surface area contributed by atoms with Crippen LogP contribution in [0.5, 0.6) is 11.5 Å². The van der Waals surface area contributed by atoms with E-state index in [9.17, 15) is 14.9 Å². The van der Waals surface area contributed by atoms with E-state index in [4.69, 9.17) is 9.47 Å². The van der Waals surface area contributed by atoms with Crippen LogP contribution in [-0.4, -0.2) is 17.3 Å². The molecule has 0 amide bonds. The molecule has 0 radical (unpaired) electrons. The van der Waals surface area contributed by atoms with E-state index in [1.165, 1.54) is 12.1 Å². The van der Waals surface area contributed by atoms with Crippen molar-refractivity contribution in [3.05, 3.63) is 69.5 Å². The van der Waals surface area contributed by atoms with Gasteiger partial charge in [0.1, 0.15) is 11.5 Å². The normalized spacial score (nSPS) is 14.5. The highest BCUT2D eigenvalue weighted by atomic mass is 16.6. The van der Waals surface area contributed by atoms with Gasteiger partial charge in [-0.2, -0.15) is 0 Å². The van der Waals surface area contributed by atoms with Crippen LogP contribution in [0.15, 0.2) is 48.2 Å². The van der Waals surface area contributed by atoms with Gasteiger partial charge in [-0.1, -0.05) is 0 Å². The van der Waals surface area contributed by atoms with Gasteiger partial charge in [0.05, 0.1) is 17.1 Å². The molecule has 0 bridgehead atoms. The summed E-state index contributed by atoms with van der Waals surface area (Å²) in [6.45, 7) is 2.40. The molecule has 0 spiro atoms. The van der Waals surface area contributed by atoms with Crippen LogP contribution in [0.1, 0.15) is 22.8 Å². The highest BCUT2D eigenvalue weighted by Crippen LogP contribution is 2.34. The maximum Gasteiger partial charge on any atom is 0.269 e. The molecule has 23 heavy (non-hydrogen) atoms. The van der Waals surface area contributed by atoms with Crippen molar-refractivity contribution >= 4 is 17.5 Å². The average Bonchev–Trinajstić information content (AvgIpc) is 2.84. The first-order chi connectivity index (χ1) is 11.1. The molecule has 0 saturated heterocycles. The number of nitrogens with zero attached hydrogens (tertiary/aromatic N) is 1. The Balaban J connectivity index is 1.87. The predicted molar refractivity (Wildman–Crippen MR) is 83.6 cm³/mol. The van der Waals surface area contributed by atoms with Crippen LogP contribution in [0.2, 0.25) is 0 Å². The average molecular weight is 311 g/mol. The fourth-order valence-corrected chi connectivity index (χ4v) is 2.27. The van der Waals surface area contributed by atoms with Crippen LogP contribution in [0, 0.1) is 10.1 Å². The first-order valence-corrected chi connectivity index (χ1v) is 7.04. The minimum atomic E-state index is -0.473. The molecule has 1 aliphatic heterocycles. The maximum atomic E-state index is 12.3. The van der Waals surface area contributed by atoms with Crippen LogP contribution in [0.3, 0.4) is 0 Å². The van der Waals surface area contributed by atoms with Crippen molar-refractivity contribution in [3.63, 3.8) is 0 Å². The highest BCUT2D eigenvalue weighted by molar-refractivity contribution is 6.14. The number of nitro benzene ring substituents is 1. The van der Waals surface area contributed by atoms with Crippen molar-refractivity contribution in [1.82, 2.24) is 0 Å². The van der Waals surface area contributed by atoms with Gasteiger partial charge in [0.15, 0.2) is 5.76 Å². The number of carbonyl (C=O) groups excluding carboxylic acids is 1. The highest BCUT2D eigenvalue weighted by Gasteiger charge is 2.27. The third-order valence-electron chi connectivity index (χ3n) is 3.35. The number of Topliss-reactive ketones (excluding diaryl/α,β-unsaturated/α-hetero) is 1. The van der Waals surface area contributed by atoms with E-state index in [1.807, 2.05) is 6.92 Å². The molecule has 0 fully saturated rings. The summed E-state index contributed by atoms with van der Waals surface area (Å²) in [5.74, 6) is 1.05. The number of ketones is 1. The molecule has 0 saturated carbocycles. The van der Waals surface area contributed by atoms with Crippen LogP contribution < -0.4 is 9.47 Å². The molecule has 6 nitrogen and oxygen atoms in total. The standard InChI is InChI=1S/C17H13NO5/c1-2-22-13-7-8-14-15(10-13)23-16(17(14)19)9-11-3-5-12(6-4-11)18(20)21/h3-10H,2H2,1H3/b16-9-. The van der Waals surface area contributed by atoms with Crippen molar-refractivity contribution in [1.29, 1.82) is 0 Å². The summed E-state index contributed by atoms with van der Waals surface area (Å²) >= 11 is 0. The summed E-state index contributed by atoms with van der Waals surface area (Å²) in [4.78, 5) is 22.5. The lowest BCUT2D eigenvalue weighted by Crippen LogP contribution is -1.98. The Labute approximate surface area is 132 Å². The van der Waals surface area contributed by atoms with E-state index in [0.29, 0.717) is 29.2 Å². The van der Waals surface area contributed by atoms with E-state index < -0.39 is 4.92 Å². The number of hydrogen-bond donors (Lipinski definition) is 0. The van der Waals surface area contributed by atoms with Gasteiger partial charge in [-0.25, -0.2) is 0 Å². The van der Waals surface area contributed by atoms with Crippen LogP contribution in [0.4, 0.5) is 5.69 Å². The second-order valence-electron chi connectivity index (χ2n) is 4.88. The predicted octanol–water partition coefficient (Wildman–Crippen LogP) is 3.61. The SMILES string of the molecule is CCOc1ccc2c(c1)O/C(=C\c1ccc([N+](=O)[O-])cc1)C2=O. The smallest absolute Gasteiger partial charge is 0.269 e. The number of ether oxygens (including phenoxy) is 2. The Morgan fingerprint density at radius 1 is 1.22 bits per heavy atom.